The van der Waals surface area contributed by atoms with E-state index in [0.717, 1.165) is 25.5 Å². The Kier molecular flexibility index (Phi) is 7.73. The van der Waals surface area contributed by atoms with Crippen LogP contribution in [0.4, 0.5) is 18.9 Å². The molecule has 1 saturated heterocycles. The highest BCUT2D eigenvalue weighted by molar-refractivity contribution is 5.93. The Labute approximate surface area is 194 Å². The quantitative estimate of drug-likeness (QED) is 0.488. The number of halogens is 3. The maximum atomic E-state index is 13.7. The number of methoxy groups -OCH3 is 1. The van der Waals surface area contributed by atoms with Crippen molar-refractivity contribution in [3.05, 3.63) is 64.7 Å². The van der Waals surface area contributed by atoms with E-state index in [1.54, 1.807) is 6.92 Å². The molecule has 2 atom stereocenters. The van der Waals surface area contributed by atoms with E-state index in [1.807, 2.05) is 30.0 Å². The number of carbonyl (C=O) groups is 1. The Hall–Kier alpha value is -2.54. The first-order valence-electron chi connectivity index (χ1n) is 11.4. The van der Waals surface area contributed by atoms with E-state index in [-0.39, 0.29) is 23.7 Å². The van der Waals surface area contributed by atoms with Crippen LogP contribution in [0.15, 0.2) is 42.5 Å². The van der Waals surface area contributed by atoms with E-state index in [0.29, 0.717) is 17.8 Å². The molecule has 33 heavy (non-hydrogen) atoms. The van der Waals surface area contributed by atoms with Gasteiger partial charge in [0.2, 0.25) is 0 Å². The molecule has 0 amide bonds. The number of piperidine rings is 1. The standard InChI is InChI=1S/C26H33F3N2O2/c1-6-30(24-15-21(26(27,28)29)14-23(19(24)4)25(32)33-5)22-12-17(2)31(18(3)13-22)16-20-10-8-7-9-11-20/h7-11,14-15,17-18,22H,6,12-13,16H2,1-5H3/t17-,18-/m1/s1. The van der Waals surface area contributed by atoms with E-state index in [9.17, 15) is 18.0 Å². The number of benzene rings is 2. The molecule has 0 spiro atoms. The van der Waals surface area contributed by atoms with Crippen molar-refractivity contribution in [1.82, 2.24) is 4.90 Å². The summed E-state index contributed by atoms with van der Waals surface area (Å²) in [5, 5.41) is 0. The number of rotatable bonds is 6. The minimum Gasteiger partial charge on any atom is -0.465 e. The number of esters is 1. The van der Waals surface area contributed by atoms with Crippen molar-refractivity contribution in [3.63, 3.8) is 0 Å². The highest BCUT2D eigenvalue weighted by atomic mass is 19.4. The summed E-state index contributed by atoms with van der Waals surface area (Å²) < 4.78 is 45.8. The molecule has 0 aromatic heterocycles. The average Bonchev–Trinajstić information content (AvgIpc) is 2.77. The van der Waals surface area contributed by atoms with Crippen LogP contribution in [0.5, 0.6) is 0 Å². The molecule has 0 radical (unpaired) electrons. The molecule has 0 bridgehead atoms. The zero-order valence-corrected chi connectivity index (χ0v) is 19.9. The molecule has 1 heterocycles. The Balaban J connectivity index is 1.92. The van der Waals surface area contributed by atoms with Crippen molar-refractivity contribution in [2.45, 2.75) is 71.4 Å². The number of hydrogen-bond donors (Lipinski definition) is 0. The van der Waals surface area contributed by atoms with Crippen LogP contribution >= 0.6 is 0 Å². The molecular formula is C26H33F3N2O2. The van der Waals surface area contributed by atoms with E-state index in [1.165, 1.54) is 18.7 Å². The maximum absolute atomic E-state index is 13.7. The predicted molar refractivity (Wildman–Crippen MR) is 124 cm³/mol. The summed E-state index contributed by atoms with van der Waals surface area (Å²) in [4.78, 5) is 16.7. The third-order valence-corrected chi connectivity index (χ3v) is 6.77. The minimum atomic E-state index is -4.55. The van der Waals surface area contributed by atoms with Crippen molar-refractivity contribution in [2.75, 3.05) is 18.6 Å². The Morgan fingerprint density at radius 1 is 1.12 bits per heavy atom. The molecule has 3 rings (SSSR count). The van der Waals surface area contributed by atoms with Crippen LogP contribution in [0.3, 0.4) is 0 Å². The number of ether oxygens (including phenoxy) is 1. The summed E-state index contributed by atoms with van der Waals surface area (Å²) in [5.41, 5.74) is 1.35. The molecule has 0 unspecified atom stereocenters. The Morgan fingerprint density at radius 2 is 1.73 bits per heavy atom. The first-order valence-corrected chi connectivity index (χ1v) is 11.4. The van der Waals surface area contributed by atoms with Crippen LogP contribution in [0.25, 0.3) is 0 Å². The summed E-state index contributed by atoms with van der Waals surface area (Å²) in [7, 11) is 1.19. The topological polar surface area (TPSA) is 32.8 Å². The maximum Gasteiger partial charge on any atom is 0.416 e. The molecular weight excluding hydrogens is 429 g/mol. The van der Waals surface area contributed by atoms with Gasteiger partial charge in [0.1, 0.15) is 0 Å². The molecule has 0 saturated carbocycles. The summed E-state index contributed by atoms with van der Waals surface area (Å²) in [6.07, 6.45) is -2.90. The lowest BCUT2D eigenvalue weighted by Crippen LogP contribution is -2.53. The highest BCUT2D eigenvalue weighted by Gasteiger charge is 2.37. The lowest BCUT2D eigenvalue weighted by atomic mass is 9.89. The van der Waals surface area contributed by atoms with Gasteiger partial charge in [-0.3, -0.25) is 4.90 Å². The number of carbonyl (C=O) groups excluding carboxylic acids is 1. The summed E-state index contributed by atoms with van der Waals surface area (Å²) in [6, 6.07) is 13.0. The summed E-state index contributed by atoms with van der Waals surface area (Å²) in [5.74, 6) is -0.754. The molecule has 1 fully saturated rings. The predicted octanol–water partition coefficient (Wildman–Crippen LogP) is 6.07. The van der Waals surface area contributed by atoms with Crippen LogP contribution in [-0.4, -0.2) is 42.6 Å². The van der Waals surface area contributed by atoms with Crippen LogP contribution in [-0.2, 0) is 17.5 Å². The first-order chi connectivity index (χ1) is 15.6. The van der Waals surface area contributed by atoms with E-state index < -0.39 is 17.7 Å². The van der Waals surface area contributed by atoms with E-state index in [4.69, 9.17) is 4.74 Å². The lowest BCUT2D eigenvalue weighted by Gasteiger charge is -2.47. The van der Waals surface area contributed by atoms with Gasteiger partial charge in [-0.15, -0.1) is 0 Å². The zero-order chi connectivity index (χ0) is 24.3. The van der Waals surface area contributed by atoms with Crippen LogP contribution in [0.2, 0.25) is 0 Å². The van der Waals surface area contributed by atoms with Gasteiger partial charge in [-0.2, -0.15) is 13.2 Å². The molecule has 1 aliphatic rings. The van der Waals surface area contributed by atoms with Gasteiger partial charge in [0.15, 0.2) is 0 Å². The second-order valence-electron chi connectivity index (χ2n) is 8.92. The van der Waals surface area contributed by atoms with Gasteiger partial charge in [-0.1, -0.05) is 30.3 Å². The number of nitrogens with zero attached hydrogens (tertiary/aromatic N) is 2. The molecule has 2 aromatic carbocycles. The van der Waals surface area contributed by atoms with Crippen molar-refractivity contribution in [2.24, 2.45) is 0 Å². The van der Waals surface area contributed by atoms with Gasteiger partial charge >= 0.3 is 12.1 Å². The second kappa shape index (κ2) is 10.2. The van der Waals surface area contributed by atoms with Crippen molar-refractivity contribution in [1.29, 1.82) is 0 Å². The molecule has 0 N–H and O–H groups in total. The highest BCUT2D eigenvalue weighted by Crippen LogP contribution is 2.38. The number of anilines is 1. The molecule has 1 aliphatic heterocycles. The van der Waals surface area contributed by atoms with E-state index >= 15 is 0 Å². The van der Waals surface area contributed by atoms with Crippen LogP contribution < -0.4 is 4.90 Å². The molecule has 180 valence electrons. The number of alkyl halides is 3. The smallest absolute Gasteiger partial charge is 0.416 e. The van der Waals surface area contributed by atoms with Gasteiger partial charge in [0.05, 0.1) is 18.2 Å². The number of likely N-dealkylation sites (tertiary alicyclic amines) is 1. The average molecular weight is 463 g/mol. The van der Waals surface area contributed by atoms with Gasteiger partial charge in [0, 0.05) is 36.9 Å². The second-order valence-corrected chi connectivity index (χ2v) is 8.92. The molecule has 7 heteroatoms. The van der Waals surface area contributed by atoms with Crippen LogP contribution in [0, 0.1) is 6.92 Å². The first kappa shape index (κ1) is 25.1. The van der Waals surface area contributed by atoms with Gasteiger partial charge in [-0.25, -0.2) is 4.79 Å². The van der Waals surface area contributed by atoms with Gasteiger partial charge in [0.25, 0.3) is 0 Å². The Morgan fingerprint density at radius 3 is 2.24 bits per heavy atom. The Bertz CT molecular complexity index is 950. The van der Waals surface area contributed by atoms with Gasteiger partial charge in [-0.05, 0) is 63.8 Å². The van der Waals surface area contributed by atoms with Crippen LogP contribution in [0.1, 0.15) is 60.7 Å². The normalized spacial score (nSPS) is 21.6. The largest absolute Gasteiger partial charge is 0.465 e. The molecule has 0 aliphatic carbocycles. The monoisotopic (exact) mass is 462 g/mol. The molecule has 2 aromatic rings. The third-order valence-electron chi connectivity index (χ3n) is 6.77. The fourth-order valence-corrected chi connectivity index (χ4v) is 5.06. The lowest BCUT2D eigenvalue weighted by molar-refractivity contribution is -0.137. The SMILES string of the molecule is CCN(c1cc(C(F)(F)F)cc(C(=O)OC)c1C)C1C[C@@H](C)N(Cc2ccccc2)[C@H](C)C1. The zero-order valence-electron chi connectivity index (χ0n) is 19.9. The van der Waals surface area contributed by atoms with Crippen molar-refractivity contribution >= 4 is 11.7 Å². The summed E-state index contributed by atoms with van der Waals surface area (Å²) >= 11 is 0. The van der Waals surface area contributed by atoms with Gasteiger partial charge < -0.3 is 9.64 Å². The fourth-order valence-electron chi connectivity index (χ4n) is 5.06. The minimum absolute atomic E-state index is 0.0385. The number of hydrogen-bond acceptors (Lipinski definition) is 4. The van der Waals surface area contributed by atoms with E-state index in [2.05, 4.69) is 30.9 Å². The third kappa shape index (κ3) is 5.52. The van der Waals surface area contributed by atoms with Crippen molar-refractivity contribution < 1.29 is 22.7 Å². The van der Waals surface area contributed by atoms with Crippen molar-refractivity contribution in [3.8, 4) is 0 Å². The molecule has 4 nitrogen and oxygen atoms in total. The fraction of sp³-hybridized carbons (Fsp3) is 0.500. The summed E-state index contributed by atoms with van der Waals surface area (Å²) in [6.45, 7) is 9.39.